The van der Waals surface area contributed by atoms with Gasteiger partial charge in [-0.15, -0.1) is 0 Å². The van der Waals surface area contributed by atoms with Crippen LogP contribution < -0.4 is 5.73 Å². The summed E-state index contributed by atoms with van der Waals surface area (Å²) in [5, 5.41) is 7.12. The molecule has 0 aromatic rings. The molecule has 0 aromatic carbocycles. The van der Waals surface area contributed by atoms with Crippen LogP contribution in [-0.2, 0) is 4.79 Å². The number of rotatable bonds is 0. The zero-order chi connectivity index (χ0) is 13.5. The molecule has 104 valence electrons. The molecular weight excluding hydrogens is 247 g/mol. The molecule has 3 fully saturated rings. The summed E-state index contributed by atoms with van der Waals surface area (Å²) >= 11 is 0. The van der Waals surface area contributed by atoms with Crippen LogP contribution in [0.3, 0.4) is 0 Å². The summed E-state index contributed by atoms with van der Waals surface area (Å²) in [5.74, 6) is 1.39. The third-order valence-corrected chi connectivity index (χ3v) is 4.72. The molecular formula is C12H18F3NO2. The lowest BCUT2D eigenvalue weighted by atomic mass is 9.79. The predicted molar refractivity (Wildman–Crippen MR) is 58.7 cm³/mol. The van der Waals surface area contributed by atoms with Crippen molar-refractivity contribution in [3.63, 3.8) is 0 Å². The van der Waals surface area contributed by atoms with Crippen LogP contribution in [0, 0.1) is 23.7 Å². The molecule has 0 spiro atoms. The molecule has 0 aliphatic heterocycles. The van der Waals surface area contributed by atoms with E-state index in [0.29, 0.717) is 6.04 Å². The number of carboxylic acids is 1. The molecule has 0 radical (unpaired) electrons. The van der Waals surface area contributed by atoms with Gasteiger partial charge in [-0.3, -0.25) is 0 Å². The highest BCUT2D eigenvalue weighted by molar-refractivity contribution is 5.73. The fourth-order valence-corrected chi connectivity index (χ4v) is 4.12. The first-order valence-electron chi connectivity index (χ1n) is 6.36. The molecule has 0 saturated heterocycles. The maximum atomic E-state index is 10.6. The van der Waals surface area contributed by atoms with Crippen LogP contribution in [0.4, 0.5) is 13.2 Å². The second-order valence-electron chi connectivity index (χ2n) is 5.62. The van der Waals surface area contributed by atoms with Crippen molar-refractivity contribution in [3.05, 3.63) is 0 Å². The van der Waals surface area contributed by atoms with Crippen molar-refractivity contribution >= 4 is 5.97 Å². The van der Waals surface area contributed by atoms with E-state index in [1.54, 1.807) is 0 Å². The fourth-order valence-electron chi connectivity index (χ4n) is 4.12. The van der Waals surface area contributed by atoms with Crippen LogP contribution in [0.25, 0.3) is 0 Å². The number of carboxylic acid groups (broad SMARTS) is 1. The largest absolute Gasteiger partial charge is 0.490 e. The minimum absolute atomic E-state index is 0.583. The van der Waals surface area contributed by atoms with Gasteiger partial charge < -0.3 is 10.8 Å². The Balaban J connectivity index is 0.000000152. The van der Waals surface area contributed by atoms with Crippen LogP contribution in [0.15, 0.2) is 0 Å². The van der Waals surface area contributed by atoms with Crippen molar-refractivity contribution in [1.29, 1.82) is 0 Å². The first-order chi connectivity index (χ1) is 8.30. The lowest BCUT2D eigenvalue weighted by Gasteiger charge is -2.28. The van der Waals surface area contributed by atoms with Crippen LogP contribution in [0.1, 0.15) is 32.1 Å². The molecule has 18 heavy (non-hydrogen) atoms. The van der Waals surface area contributed by atoms with Crippen molar-refractivity contribution in [2.45, 2.75) is 44.3 Å². The number of hydrogen-bond acceptors (Lipinski definition) is 2. The Bertz CT molecular complexity index is 332. The summed E-state index contributed by atoms with van der Waals surface area (Å²) in [7, 11) is 0. The average molecular weight is 265 g/mol. The van der Waals surface area contributed by atoms with Gasteiger partial charge in [-0.25, -0.2) is 4.79 Å². The highest BCUT2D eigenvalue weighted by Gasteiger charge is 2.52. The van der Waals surface area contributed by atoms with Crippen LogP contribution in [-0.4, -0.2) is 23.3 Å². The van der Waals surface area contributed by atoms with E-state index in [0.717, 1.165) is 23.7 Å². The smallest absolute Gasteiger partial charge is 0.475 e. The summed E-state index contributed by atoms with van der Waals surface area (Å²) in [6, 6.07) is 0.583. The molecule has 6 heteroatoms. The highest BCUT2D eigenvalue weighted by Crippen LogP contribution is 2.58. The van der Waals surface area contributed by atoms with Gasteiger partial charge in [0, 0.05) is 6.04 Å². The predicted octanol–water partition coefficient (Wildman–Crippen LogP) is 2.40. The number of fused-ring (bicyclic) bond motifs is 5. The summed E-state index contributed by atoms with van der Waals surface area (Å²) in [6.07, 6.45) is 2.27. The number of nitrogens with two attached hydrogens (primary N) is 1. The molecule has 3 nitrogen and oxygen atoms in total. The molecule has 3 aliphatic carbocycles. The van der Waals surface area contributed by atoms with Gasteiger partial charge >= 0.3 is 12.1 Å². The maximum absolute atomic E-state index is 10.6. The topological polar surface area (TPSA) is 63.3 Å². The van der Waals surface area contributed by atoms with E-state index in [1.165, 1.54) is 32.1 Å². The monoisotopic (exact) mass is 265 g/mol. The zero-order valence-corrected chi connectivity index (χ0v) is 9.99. The summed E-state index contributed by atoms with van der Waals surface area (Å²) in [6.45, 7) is 0. The Morgan fingerprint density at radius 1 is 1.11 bits per heavy atom. The number of hydrogen-bond donors (Lipinski definition) is 2. The van der Waals surface area contributed by atoms with Crippen molar-refractivity contribution in [2.75, 3.05) is 0 Å². The standard InChI is InChI=1S/C10H17N.C2HF3O2/c11-10-5-6-4-9(10)8-3-1-2-7(6)8;3-2(4,5)1(6)7/h6-10H,1-5,11H2;(H,6,7). The fraction of sp³-hybridized carbons (Fsp3) is 0.917. The van der Waals surface area contributed by atoms with Crippen molar-refractivity contribution in [3.8, 4) is 0 Å². The zero-order valence-electron chi connectivity index (χ0n) is 9.99. The van der Waals surface area contributed by atoms with Gasteiger partial charge in [0.25, 0.3) is 0 Å². The van der Waals surface area contributed by atoms with Crippen LogP contribution >= 0.6 is 0 Å². The minimum atomic E-state index is -5.08. The second-order valence-corrected chi connectivity index (χ2v) is 5.62. The molecule has 3 rings (SSSR count). The number of alkyl halides is 3. The van der Waals surface area contributed by atoms with Gasteiger partial charge in [0.1, 0.15) is 0 Å². The molecule has 3 saturated carbocycles. The van der Waals surface area contributed by atoms with E-state index < -0.39 is 12.1 Å². The first-order valence-corrected chi connectivity index (χ1v) is 6.36. The van der Waals surface area contributed by atoms with Gasteiger partial charge in [-0.1, -0.05) is 6.42 Å². The summed E-state index contributed by atoms with van der Waals surface area (Å²) in [5.41, 5.74) is 6.08. The van der Waals surface area contributed by atoms with Gasteiger partial charge in [-0.2, -0.15) is 13.2 Å². The van der Waals surface area contributed by atoms with Gasteiger partial charge in [0.2, 0.25) is 0 Å². The lowest BCUT2D eigenvalue weighted by Crippen LogP contribution is -2.34. The van der Waals surface area contributed by atoms with Crippen molar-refractivity contribution in [2.24, 2.45) is 29.4 Å². The van der Waals surface area contributed by atoms with Crippen molar-refractivity contribution < 1.29 is 23.1 Å². The van der Waals surface area contributed by atoms with E-state index in [-0.39, 0.29) is 0 Å². The Hall–Kier alpha value is -0.780. The third-order valence-electron chi connectivity index (χ3n) is 4.72. The van der Waals surface area contributed by atoms with E-state index in [4.69, 9.17) is 15.6 Å². The van der Waals surface area contributed by atoms with Gasteiger partial charge in [-0.05, 0) is 49.4 Å². The molecule has 3 N–H and O–H groups in total. The Kier molecular flexibility index (Phi) is 3.58. The lowest BCUT2D eigenvalue weighted by molar-refractivity contribution is -0.192. The van der Waals surface area contributed by atoms with Crippen LogP contribution in [0.5, 0.6) is 0 Å². The van der Waals surface area contributed by atoms with Crippen molar-refractivity contribution in [1.82, 2.24) is 0 Å². The highest BCUT2D eigenvalue weighted by atomic mass is 19.4. The number of carbonyl (C=O) groups is 1. The summed E-state index contributed by atoms with van der Waals surface area (Å²) < 4.78 is 31.7. The molecule has 3 aliphatic rings. The Labute approximate surface area is 104 Å². The minimum Gasteiger partial charge on any atom is -0.475 e. The van der Waals surface area contributed by atoms with E-state index in [1.807, 2.05) is 0 Å². The molecule has 0 amide bonds. The molecule has 5 atom stereocenters. The SMILES string of the molecule is NC1CC2CC1C1CCCC21.O=C(O)C(F)(F)F. The molecule has 2 bridgehead atoms. The number of halogens is 3. The second kappa shape index (κ2) is 4.72. The Morgan fingerprint density at radius 2 is 1.67 bits per heavy atom. The van der Waals surface area contributed by atoms with E-state index in [2.05, 4.69) is 0 Å². The van der Waals surface area contributed by atoms with Gasteiger partial charge in [0.15, 0.2) is 0 Å². The molecule has 0 heterocycles. The maximum Gasteiger partial charge on any atom is 0.490 e. The summed E-state index contributed by atoms with van der Waals surface area (Å²) in [4.78, 5) is 8.90. The number of aliphatic carboxylic acids is 1. The molecule has 0 aromatic heterocycles. The third kappa shape index (κ3) is 2.48. The molecule has 5 unspecified atom stereocenters. The van der Waals surface area contributed by atoms with E-state index in [9.17, 15) is 13.2 Å². The first kappa shape index (κ1) is 13.6. The Morgan fingerprint density at radius 3 is 2.22 bits per heavy atom. The van der Waals surface area contributed by atoms with Crippen LogP contribution in [0.2, 0.25) is 0 Å². The van der Waals surface area contributed by atoms with Gasteiger partial charge in [0.05, 0.1) is 0 Å². The normalized spacial score (nSPS) is 41.2. The average Bonchev–Trinajstić information content (AvgIpc) is 2.86. The quantitative estimate of drug-likeness (QED) is 0.707. The van der Waals surface area contributed by atoms with E-state index >= 15 is 0 Å².